The molecule has 0 aromatic heterocycles. The second kappa shape index (κ2) is 11.6. The van der Waals surface area contributed by atoms with Gasteiger partial charge in [-0.05, 0) is 50.3 Å². The van der Waals surface area contributed by atoms with Gasteiger partial charge in [0.1, 0.15) is 0 Å². The number of amides is 4. The van der Waals surface area contributed by atoms with Gasteiger partial charge in [0, 0.05) is 63.1 Å². The summed E-state index contributed by atoms with van der Waals surface area (Å²) in [6.07, 6.45) is 9.43. The Morgan fingerprint density at radius 1 is 0.853 bits per heavy atom. The van der Waals surface area contributed by atoms with Gasteiger partial charge in [0.2, 0.25) is 5.91 Å². The molecular weight excluding hydrogens is 430 g/mol. The summed E-state index contributed by atoms with van der Waals surface area (Å²) in [7, 11) is 0. The summed E-state index contributed by atoms with van der Waals surface area (Å²) in [6.45, 7) is 5.98. The van der Waals surface area contributed by atoms with Crippen LogP contribution in [0, 0.1) is 0 Å². The minimum absolute atomic E-state index is 0.0276. The zero-order valence-electron chi connectivity index (χ0n) is 20.5. The van der Waals surface area contributed by atoms with Crippen LogP contribution >= 0.6 is 0 Å². The normalized spacial score (nSPS) is 19.6. The minimum Gasteiger partial charge on any atom is -0.367 e. The lowest BCUT2D eigenvalue weighted by Crippen LogP contribution is -2.54. The molecule has 4 amide bonds. The number of likely N-dealkylation sites (tertiary alicyclic amines) is 1. The van der Waals surface area contributed by atoms with Crippen molar-refractivity contribution in [1.82, 2.24) is 15.1 Å². The lowest BCUT2D eigenvalue weighted by molar-refractivity contribution is -0.115. The maximum atomic E-state index is 13.5. The molecule has 3 fully saturated rings. The number of hydrogen-bond acceptors (Lipinski definition) is 4. The van der Waals surface area contributed by atoms with Gasteiger partial charge in [0.05, 0.1) is 5.56 Å². The molecule has 3 aliphatic rings. The monoisotopic (exact) mass is 469 g/mol. The second-order valence-corrected chi connectivity index (χ2v) is 9.75. The molecule has 1 aromatic rings. The van der Waals surface area contributed by atoms with Crippen LogP contribution in [0.4, 0.5) is 16.2 Å². The fraction of sp³-hybridized carbons (Fsp3) is 0.654. The first-order valence-corrected chi connectivity index (χ1v) is 13.1. The van der Waals surface area contributed by atoms with E-state index in [4.69, 9.17) is 0 Å². The van der Waals surface area contributed by atoms with Gasteiger partial charge in [0.15, 0.2) is 0 Å². The molecule has 0 unspecified atom stereocenters. The zero-order valence-corrected chi connectivity index (χ0v) is 20.5. The Bertz CT molecular complexity index is 869. The Morgan fingerprint density at radius 2 is 1.53 bits per heavy atom. The van der Waals surface area contributed by atoms with Crippen LogP contribution in [0.1, 0.15) is 75.1 Å². The number of benzene rings is 1. The maximum Gasteiger partial charge on any atom is 0.317 e. The fourth-order valence-electron chi connectivity index (χ4n) is 5.24. The van der Waals surface area contributed by atoms with Crippen molar-refractivity contribution in [2.75, 3.05) is 49.5 Å². The average Bonchev–Trinajstić information content (AvgIpc) is 2.89. The molecule has 4 rings (SSSR count). The first-order valence-electron chi connectivity index (χ1n) is 13.1. The molecular formula is C26H39N5O3. The van der Waals surface area contributed by atoms with Crippen molar-refractivity contribution >= 4 is 29.2 Å². The van der Waals surface area contributed by atoms with Gasteiger partial charge in [-0.15, -0.1) is 0 Å². The molecule has 2 heterocycles. The van der Waals surface area contributed by atoms with Crippen LogP contribution in [0.5, 0.6) is 0 Å². The Balaban J connectivity index is 1.45. The number of carbonyl (C=O) groups excluding carboxylic acids is 3. The second-order valence-electron chi connectivity index (χ2n) is 9.75. The van der Waals surface area contributed by atoms with E-state index in [-0.39, 0.29) is 17.8 Å². The number of piperazine rings is 1. The largest absolute Gasteiger partial charge is 0.367 e. The highest BCUT2D eigenvalue weighted by atomic mass is 16.2. The van der Waals surface area contributed by atoms with E-state index in [1.54, 1.807) is 0 Å². The van der Waals surface area contributed by atoms with Gasteiger partial charge in [-0.25, -0.2) is 4.79 Å². The van der Waals surface area contributed by atoms with E-state index in [0.29, 0.717) is 49.9 Å². The van der Waals surface area contributed by atoms with E-state index in [1.807, 2.05) is 34.9 Å². The summed E-state index contributed by atoms with van der Waals surface area (Å²) in [6, 6.07) is 5.98. The first-order chi connectivity index (χ1) is 16.5. The van der Waals surface area contributed by atoms with Crippen molar-refractivity contribution in [3.8, 4) is 0 Å². The van der Waals surface area contributed by atoms with Crippen LogP contribution in [0.25, 0.3) is 0 Å². The number of piperidine rings is 1. The third kappa shape index (κ3) is 6.02. The fourth-order valence-corrected chi connectivity index (χ4v) is 5.24. The van der Waals surface area contributed by atoms with Crippen LogP contribution in [0.3, 0.4) is 0 Å². The molecule has 8 heteroatoms. The molecule has 34 heavy (non-hydrogen) atoms. The summed E-state index contributed by atoms with van der Waals surface area (Å²) < 4.78 is 0. The van der Waals surface area contributed by atoms with Gasteiger partial charge in [-0.2, -0.15) is 0 Å². The number of rotatable bonds is 5. The molecule has 1 aliphatic carbocycles. The highest BCUT2D eigenvalue weighted by Gasteiger charge is 2.28. The van der Waals surface area contributed by atoms with Crippen LogP contribution in [-0.4, -0.2) is 73.0 Å². The maximum absolute atomic E-state index is 13.5. The van der Waals surface area contributed by atoms with E-state index < -0.39 is 0 Å². The zero-order chi connectivity index (χ0) is 23.9. The van der Waals surface area contributed by atoms with Crippen molar-refractivity contribution in [3.63, 3.8) is 0 Å². The molecule has 2 saturated heterocycles. The van der Waals surface area contributed by atoms with Crippen LogP contribution < -0.4 is 15.5 Å². The summed E-state index contributed by atoms with van der Waals surface area (Å²) in [5.41, 5.74) is 2.18. The summed E-state index contributed by atoms with van der Waals surface area (Å²) in [4.78, 5) is 44.2. The van der Waals surface area contributed by atoms with Crippen molar-refractivity contribution in [2.45, 2.75) is 70.8 Å². The third-order valence-electron chi connectivity index (χ3n) is 7.32. The van der Waals surface area contributed by atoms with Crippen molar-refractivity contribution in [1.29, 1.82) is 0 Å². The molecule has 0 spiro atoms. The van der Waals surface area contributed by atoms with E-state index in [1.165, 1.54) is 19.3 Å². The molecule has 8 nitrogen and oxygen atoms in total. The number of hydrogen-bond donors (Lipinski definition) is 2. The van der Waals surface area contributed by atoms with E-state index >= 15 is 0 Å². The Labute approximate surface area is 203 Å². The lowest BCUT2D eigenvalue weighted by Gasteiger charge is -2.38. The summed E-state index contributed by atoms with van der Waals surface area (Å²) in [5.74, 6) is -0.0403. The van der Waals surface area contributed by atoms with E-state index in [2.05, 4.69) is 15.5 Å². The highest BCUT2D eigenvalue weighted by molar-refractivity contribution is 6.02. The van der Waals surface area contributed by atoms with E-state index in [9.17, 15) is 14.4 Å². The molecule has 2 aliphatic heterocycles. The smallest absolute Gasteiger partial charge is 0.317 e. The van der Waals surface area contributed by atoms with Gasteiger partial charge in [0.25, 0.3) is 5.91 Å². The third-order valence-corrected chi connectivity index (χ3v) is 7.32. The number of nitrogens with zero attached hydrogens (tertiary/aromatic N) is 3. The number of carbonyl (C=O) groups is 3. The van der Waals surface area contributed by atoms with Crippen LogP contribution in [0.2, 0.25) is 0 Å². The average molecular weight is 470 g/mol. The van der Waals surface area contributed by atoms with Crippen molar-refractivity contribution in [3.05, 3.63) is 23.8 Å². The molecule has 2 N–H and O–H groups in total. The SMILES string of the molecule is CCC(=O)Nc1ccc(N2CCN(C(=O)NC3CCCCC3)CC2)c(C(=O)N2CCCCC2)c1. The summed E-state index contributed by atoms with van der Waals surface area (Å²) >= 11 is 0. The number of urea groups is 1. The Kier molecular flexibility index (Phi) is 8.29. The molecule has 1 aromatic carbocycles. The quantitative estimate of drug-likeness (QED) is 0.687. The lowest BCUT2D eigenvalue weighted by atomic mass is 9.96. The molecule has 0 bridgehead atoms. The summed E-state index contributed by atoms with van der Waals surface area (Å²) in [5, 5.41) is 6.11. The number of nitrogens with one attached hydrogen (secondary N) is 2. The topological polar surface area (TPSA) is 85.0 Å². The van der Waals surface area contributed by atoms with Crippen LogP contribution in [-0.2, 0) is 4.79 Å². The predicted octanol–water partition coefficient (Wildman–Crippen LogP) is 3.83. The van der Waals surface area contributed by atoms with Gasteiger partial charge < -0.3 is 25.3 Å². The highest BCUT2D eigenvalue weighted by Crippen LogP contribution is 2.28. The molecule has 186 valence electrons. The molecule has 1 saturated carbocycles. The molecule has 0 radical (unpaired) electrons. The van der Waals surface area contributed by atoms with Crippen LogP contribution in [0.15, 0.2) is 18.2 Å². The standard InChI is InChI=1S/C26H39N5O3/c1-2-24(32)27-21-11-12-23(22(19-21)25(33)30-13-7-4-8-14-30)29-15-17-31(18-16-29)26(34)28-20-9-5-3-6-10-20/h11-12,19-20H,2-10,13-18H2,1H3,(H,27,32)(H,28,34). The molecule has 0 atom stereocenters. The van der Waals surface area contributed by atoms with E-state index in [0.717, 1.165) is 50.9 Å². The van der Waals surface area contributed by atoms with Gasteiger partial charge in [-0.1, -0.05) is 26.2 Å². The Hall–Kier alpha value is -2.77. The minimum atomic E-state index is -0.0679. The van der Waals surface area contributed by atoms with Gasteiger partial charge in [-0.3, -0.25) is 9.59 Å². The van der Waals surface area contributed by atoms with Crippen molar-refractivity contribution in [2.24, 2.45) is 0 Å². The first kappa shape index (κ1) is 24.4. The number of anilines is 2. The predicted molar refractivity (Wildman–Crippen MR) is 134 cm³/mol. The van der Waals surface area contributed by atoms with Gasteiger partial charge >= 0.3 is 6.03 Å². The van der Waals surface area contributed by atoms with Crippen molar-refractivity contribution < 1.29 is 14.4 Å². The Morgan fingerprint density at radius 3 is 2.21 bits per heavy atom.